The number of nitrogens with one attached hydrogen (secondary N) is 1. The Labute approximate surface area is 121 Å². The molecule has 1 N–H and O–H groups in total. The van der Waals surface area contributed by atoms with Gasteiger partial charge in [-0.05, 0) is 31.4 Å². The monoisotopic (exact) mass is 278 g/mol. The van der Waals surface area contributed by atoms with Gasteiger partial charge in [0.2, 0.25) is 0 Å². The third-order valence-corrected chi connectivity index (χ3v) is 4.00. The Balaban J connectivity index is 2.68. The van der Waals surface area contributed by atoms with E-state index in [0.717, 1.165) is 12.0 Å². The van der Waals surface area contributed by atoms with E-state index in [1.165, 1.54) is 25.7 Å². The van der Waals surface area contributed by atoms with Gasteiger partial charge in [0.15, 0.2) is 0 Å². The van der Waals surface area contributed by atoms with E-state index in [-0.39, 0.29) is 10.6 Å². The molecule has 4 nitrogen and oxygen atoms in total. The van der Waals surface area contributed by atoms with Crippen LogP contribution in [0.15, 0.2) is 24.3 Å². The van der Waals surface area contributed by atoms with Crippen LogP contribution in [0.4, 0.5) is 5.69 Å². The fourth-order valence-electron chi connectivity index (χ4n) is 2.67. The molecule has 1 rings (SSSR count). The van der Waals surface area contributed by atoms with Gasteiger partial charge < -0.3 is 5.32 Å². The van der Waals surface area contributed by atoms with Gasteiger partial charge in [-0.2, -0.15) is 0 Å². The van der Waals surface area contributed by atoms with Gasteiger partial charge in [-0.3, -0.25) is 10.1 Å². The molecule has 0 bridgehead atoms. The minimum atomic E-state index is -0.352. The maximum Gasteiger partial charge on any atom is 0.269 e. The number of benzene rings is 1. The maximum atomic E-state index is 10.7. The van der Waals surface area contributed by atoms with E-state index < -0.39 is 0 Å². The van der Waals surface area contributed by atoms with Crippen LogP contribution in [0.3, 0.4) is 0 Å². The second kappa shape index (κ2) is 8.69. The summed E-state index contributed by atoms with van der Waals surface area (Å²) in [5, 5.41) is 14.1. The third-order valence-electron chi connectivity index (χ3n) is 4.00. The smallest absolute Gasteiger partial charge is 0.269 e. The van der Waals surface area contributed by atoms with Gasteiger partial charge in [0.25, 0.3) is 5.69 Å². The van der Waals surface area contributed by atoms with Crippen LogP contribution in [0, 0.1) is 16.0 Å². The minimum absolute atomic E-state index is 0.160. The molecule has 0 saturated carbocycles. The lowest BCUT2D eigenvalue weighted by Gasteiger charge is -2.26. The summed E-state index contributed by atoms with van der Waals surface area (Å²) in [6, 6.07) is 7.36. The molecule has 0 aliphatic rings. The lowest BCUT2D eigenvalue weighted by Crippen LogP contribution is -2.35. The summed E-state index contributed by atoms with van der Waals surface area (Å²) >= 11 is 0. The summed E-state index contributed by atoms with van der Waals surface area (Å²) in [4.78, 5) is 10.3. The summed E-state index contributed by atoms with van der Waals surface area (Å²) in [7, 11) is 2.00. The average Bonchev–Trinajstić information content (AvgIpc) is 2.47. The molecule has 1 aromatic rings. The molecular weight excluding hydrogens is 252 g/mol. The van der Waals surface area contributed by atoms with Crippen molar-refractivity contribution in [2.75, 3.05) is 7.05 Å². The molecular formula is C16H26N2O2. The van der Waals surface area contributed by atoms with E-state index in [2.05, 4.69) is 19.2 Å². The van der Waals surface area contributed by atoms with Gasteiger partial charge in [-0.15, -0.1) is 0 Å². The van der Waals surface area contributed by atoms with E-state index in [0.29, 0.717) is 12.0 Å². The Bertz CT molecular complexity index is 403. The van der Waals surface area contributed by atoms with Crippen molar-refractivity contribution in [1.82, 2.24) is 5.32 Å². The summed E-state index contributed by atoms with van der Waals surface area (Å²) in [5.74, 6) is 0.662. The first-order chi connectivity index (χ1) is 9.62. The van der Waals surface area contributed by atoms with Gasteiger partial charge in [-0.1, -0.05) is 45.2 Å². The normalized spacial score (nSPS) is 13.9. The highest BCUT2D eigenvalue weighted by molar-refractivity contribution is 5.33. The van der Waals surface area contributed by atoms with Gasteiger partial charge in [-0.25, -0.2) is 0 Å². The van der Waals surface area contributed by atoms with Gasteiger partial charge in [0, 0.05) is 18.2 Å². The Morgan fingerprint density at radius 2 is 1.90 bits per heavy atom. The van der Waals surface area contributed by atoms with Crippen molar-refractivity contribution >= 4 is 5.69 Å². The summed E-state index contributed by atoms with van der Waals surface area (Å²) in [5.41, 5.74) is 1.32. The fourth-order valence-corrected chi connectivity index (χ4v) is 2.67. The van der Waals surface area contributed by atoms with Crippen LogP contribution in [0.2, 0.25) is 0 Å². The number of likely N-dealkylation sites (N-methyl/N-ethyl adjacent to an activating group) is 1. The summed E-state index contributed by atoms with van der Waals surface area (Å²) in [6.45, 7) is 4.46. The number of rotatable bonds is 9. The lowest BCUT2D eigenvalue weighted by atomic mass is 9.87. The number of unbranched alkanes of at least 4 members (excludes halogenated alkanes) is 1. The summed E-state index contributed by atoms with van der Waals surface area (Å²) in [6.07, 6.45) is 5.82. The fraction of sp³-hybridized carbons (Fsp3) is 0.625. The SMILES string of the molecule is CCCCC(CC)C(Cc1ccc([N+](=O)[O-])cc1)NC. The molecule has 2 unspecified atom stereocenters. The third kappa shape index (κ3) is 4.93. The molecule has 0 saturated heterocycles. The zero-order chi connectivity index (χ0) is 15.0. The quantitative estimate of drug-likeness (QED) is 0.550. The van der Waals surface area contributed by atoms with Crippen LogP contribution in [0.25, 0.3) is 0 Å². The Hall–Kier alpha value is -1.42. The van der Waals surface area contributed by atoms with Gasteiger partial charge in [0.1, 0.15) is 0 Å². The first-order valence-corrected chi connectivity index (χ1v) is 7.52. The molecule has 112 valence electrons. The molecule has 0 fully saturated rings. The average molecular weight is 278 g/mol. The van der Waals surface area contributed by atoms with Crippen molar-refractivity contribution in [3.05, 3.63) is 39.9 Å². The number of nitrogens with zero attached hydrogens (tertiary/aromatic N) is 1. The van der Waals surface area contributed by atoms with E-state index in [9.17, 15) is 10.1 Å². The standard InChI is InChI=1S/C16H26N2O2/c1-4-6-7-14(5-2)16(17-3)12-13-8-10-15(11-9-13)18(19)20/h8-11,14,16-17H,4-7,12H2,1-3H3. The summed E-state index contributed by atoms with van der Waals surface area (Å²) < 4.78 is 0. The molecule has 0 heterocycles. The highest BCUT2D eigenvalue weighted by Crippen LogP contribution is 2.21. The van der Waals surface area contributed by atoms with Crippen LogP contribution >= 0.6 is 0 Å². The van der Waals surface area contributed by atoms with E-state index in [1.54, 1.807) is 12.1 Å². The second-order valence-corrected chi connectivity index (χ2v) is 5.33. The molecule has 0 spiro atoms. The highest BCUT2D eigenvalue weighted by Gasteiger charge is 2.18. The number of non-ortho nitro benzene ring substituents is 1. The predicted octanol–water partition coefficient (Wildman–Crippen LogP) is 3.94. The molecule has 0 radical (unpaired) electrons. The van der Waals surface area contributed by atoms with Crippen molar-refractivity contribution in [3.63, 3.8) is 0 Å². The van der Waals surface area contributed by atoms with Crippen molar-refractivity contribution in [2.24, 2.45) is 5.92 Å². The predicted molar refractivity (Wildman–Crippen MR) is 83.0 cm³/mol. The van der Waals surface area contributed by atoms with Gasteiger partial charge in [0.05, 0.1) is 4.92 Å². The van der Waals surface area contributed by atoms with Gasteiger partial charge >= 0.3 is 0 Å². The van der Waals surface area contributed by atoms with Crippen LogP contribution in [-0.4, -0.2) is 18.0 Å². The topological polar surface area (TPSA) is 55.2 Å². The molecule has 2 atom stereocenters. The van der Waals surface area contributed by atoms with E-state index in [4.69, 9.17) is 0 Å². The highest BCUT2D eigenvalue weighted by atomic mass is 16.6. The Morgan fingerprint density at radius 3 is 2.35 bits per heavy atom. The molecule has 1 aromatic carbocycles. The number of nitro benzene ring substituents is 1. The lowest BCUT2D eigenvalue weighted by molar-refractivity contribution is -0.384. The van der Waals surface area contributed by atoms with Crippen LogP contribution in [0.1, 0.15) is 45.1 Å². The van der Waals surface area contributed by atoms with Crippen molar-refractivity contribution in [1.29, 1.82) is 0 Å². The Kier molecular flexibility index (Phi) is 7.23. The maximum absolute atomic E-state index is 10.7. The number of nitro groups is 1. The molecule has 0 aliphatic heterocycles. The molecule has 0 aromatic heterocycles. The van der Waals surface area contributed by atoms with E-state index in [1.807, 2.05) is 19.2 Å². The van der Waals surface area contributed by atoms with Crippen LogP contribution in [-0.2, 0) is 6.42 Å². The van der Waals surface area contributed by atoms with Crippen molar-refractivity contribution < 1.29 is 4.92 Å². The zero-order valence-corrected chi connectivity index (χ0v) is 12.8. The molecule has 0 amide bonds. The molecule has 20 heavy (non-hydrogen) atoms. The molecule has 4 heteroatoms. The zero-order valence-electron chi connectivity index (χ0n) is 12.8. The first kappa shape index (κ1) is 16.6. The van der Waals surface area contributed by atoms with Crippen molar-refractivity contribution in [2.45, 2.75) is 52.0 Å². The second-order valence-electron chi connectivity index (χ2n) is 5.33. The van der Waals surface area contributed by atoms with E-state index >= 15 is 0 Å². The van der Waals surface area contributed by atoms with Crippen molar-refractivity contribution in [3.8, 4) is 0 Å². The number of hydrogen-bond donors (Lipinski definition) is 1. The first-order valence-electron chi connectivity index (χ1n) is 7.52. The Morgan fingerprint density at radius 1 is 1.25 bits per heavy atom. The van der Waals surface area contributed by atoms with Crippen LogP contribution in [0.5, 0.6) is 0 Å². The number of hydrogen-bond acceptors (Lipinski definition) is 3. The minimum Gasteiger partial charge on any atom is -0.316 e. The largest absolute Gasteiger partial charge is 0.316 e. The molecule has 0 aliphatic carbocycles. The van der Waals surface area contributed by atoms with Crippen LogP contribution < -0.4 is 5.32 Å².